The SMILES string of the molecule is CN=C(NCCc1ccccc1F)NCC(C)Oc1ccccc1. The Bertz CT molecular complexity index is 646. The maximum atomic E-state index is 13.6. The van der Waals surface area contributed by atoms with Crippen molar-refractivity contribution in [1.29, 1.82) is 0 Å². The van der Waals surface area contributed by atoms with Crippen LogP contribution in [0.3, 0.4) is 0 Å². The Kier molecular flexibility index (Phi) is 7.08. The summed E-state index contributed by atoms with van der Waals surface area (Å²) in [4.78, 5) is 4.17. The molecule has 1 unspecified atom stereocenters. The number of rotatable bonds is 7. The maximum Gasteiger partial charge on any atom is 0.191 e. The lowest BCUT2D eigenvalue weighted by molar-refractivity contribution is 0.224. The second-order valence-electron chi connectivity index (χ2n) is 5.46. The van der Waals surface area contributed by atoms with Crippen molar-refractivity contribution in [2.75, 3.05) is 20.1 Å². The molecule has 5 heteroatoms. The van der Waals surface area contributed by atoms with E-state index in [-0.39, 0.29) is 11.9 Å². The Labute approximate surface area is 142 Å². The van der Waals surface area contributed by atoms with Crippen molar-refractivity contribution in [3.05, 3.63) is 66.0 Å². The zero-order valence-electron chi connectivity index (χ0n) is 14.1. The van der Waals surface area contributed by atoms with E-state index in [0.717, 1.165) is 5.75 Å². The molecule has 2 rings (SSSR count). The molecular weight excluding hydrogens is 305 g/mol. The minimum Gasteiger partial charge on any atom is -0.489 e. The number of hydrogen-bond donors (Lipinski definition) is 2. The van der Waals surface area contributed by atoms with Gasteiger partial charge in [-0.25, -0.2) is 4.39 Å². The second-order valence-corrected chi connectivity index (χ2v) is 5.46. The van der Waals surface area contributed by atoms with Gasteiger partial charge in [0.25, 0.3) is 0 Å². The summed E-state index contributed by atoms with van der Waals surface area (Å²) in [6.45, 7) is 3.22. The highest BCUT2D eigenvalue weighted by molar-refractivity contribution is 5.79. The molecule has 4 nitrogen and oxygen atoms in total. The molecule has 0 bridgehead atoms. The molecule has 0 aliphatic heterocycles. The first kappa shape index (κ1) is 17.8. The molecule has 0 aromatic heterocycles. The molecule has 0 aliphatic rings. The third-order valence-corrected chi connectivity index (χ3v) is 3.51. The summed E-state index contributed by atoms with van der Waals surface area (Å²) in [6, 6.07) is 16.5. The smallest absolute Gasteiger partial charge is 0.191 e. The van der Waals surface area contributed by atoms with Gasteiger partial charge in [-0.1, -0.05) is 36.4 Å². The van der Waals surface area contributed by atoms with Gasteiger partial charge >= 0.3 is 0 Å². The summed E-state index contributed by atoms with van der Waals surface area (Å²) in [5, 5.41) is 6.39. The first-order chi connectivity index (χ1) is 11.7. The summed E-state index contributed by atoms with van der Waals surface area (Å²) in [7, 11) is 1.71. The lowest BCUT2D eigenvalue weighted by atomic mass is 10.1. The van der Waals surface area contributed by atoms with Crippen LogP contribution in [0.4, 0.5) is 4.39 Å². The highest BCUT2D eigenvalue weighted by Gasteiger charge is 2.06. The van der Waals surface area contributed by atoms with Crippen molar-refractivity contribution >= 4 is 5.96 Å². The van der Waals surface area contributed by atoms with Gasteiger partial charge in [-0.05, 0) is 37.1 Å². The van der Waals surface area contributed by atoms with E-state index >= 15 is 0 Å². The summed E-state index contributed by atoms with van der Waals surface area (Å²) >= 11 is 0. The van der Waals surface area contributed by atoms with Crippen molar-refractivity contribution in [3.63, 3.8) is 0 Å². The van der Waals surface area contributed by atoms with Gasteiger partial charge < -0.3 is 15.4 Å². The lowest BCUT2D eigenvalue weighted by Gasteiger charge is -2.17. The van der Waals surface area contributed by atoms with Crippen LogP contribution in [0.5, 0.6) is 5.75 Å². The number of benzene rings is 2. The van der Waals surface area contributed by atoms with Gasteiger partial charge in [0, 0.05) is 13.6 Å². The molecule has 0 fully saturated rings. The van der Waals surface area contributed by atoms with Crippen LogP contribution in [0.25, 0.3) is 0 Å². The van der Waals surface area contributed by atoms with Crippen molar-refractivity contribution < 1.29 is 9.13 Å². The standard InChI is InChI=1S/C19H24FN3O/c1-15(24-17-9-4-3-5-10-17)14-23-19(21-2)22-13-12-16-8-6-7-11-18(16)20/h3-11,15H,12-14H2,1-2H3,(H2,21,22,23). The van der Waals surface area contributed by atoms with Crippen LogP contribution in [0.15, 0.2) is 59.6 Å². The molecule has 0 saturated heterocycles. The van der Waals surface area contributed by atoms with Gasteiger partial charge in [0.05, 0.1) is 6.54 Å². The first-order valence-electron chi connectivity index (χ1n) is 8.08. The van der Waals surface area contributed by atoms with E-state index in [1.807, 2.05) is 43.3 Å². The number of nitrogens with one attached hydrogen (secondary N) is 2. The molecule has 128 valence electrons. The minimum absolute atomic E-state index is 0.00230. The highest BCUT2D eigenvalue weighted by Crippen LogP contribution is 2.10. The third-order valence-electron chi connectivity index (χ3n) is 3.51. The summed E-state index contributed by atoms with van der Waals surface area (Å²) in [6.07, 6.45) is 0.598. The van der Waals surface area contributed by atoms with Crippen molar-refractivity contribution in [2.45, 2.75) is 19.4 Å². The molecule has 2 aromatic rings. The summed E-state index contributed by atoms with van der Waals surface area (Å²) in [5.41, 5.74) is 0.696. The number of nitrogens with zero attached hydrogens (tertiary/aromatic N) is 1. The Hall–Kier alpha value is -2.56. The molecule has 0 saturated carbocycles. The Morgan fingerprint density at radius 2 is 1.79 bits per heavy atom. The van der Waals surface area contributed by atoms with Crippen LogP contribution >= 0.6 is 0 Å². The average molecular weight is 329 g/mol. The number of ether oxygens (including phenoxy) is 1. The number of halogens is 1. The predicted molar refractivity (Wildman–Crippen MR) is 96.0 cm³/mol. The fourth-order valence-corrected chi connectivity index (χ4v) is 2.25. The maximum absolute atomic E-state index is 13.6. The van der Waals surface area contributed by atoms with E-state index in [4.69, 9.17) is 4.74 Å². The molecule has 0 aliphatic carbocycles. The van der Waals surface area contributed by atoms with Crippen LogP contribution in [-0.2, 0) is 6.42 Å². The van der Waals surface area contributed by atoms with E-state index < -0.39 is 0 Å². The molecule has 0 spiro atoms. The molecular formula is C19H24FN3O. The van der Waals surface area contributed by atoms with Crippen molar-refractivity contribution in [1.82, 2.24) is 10.6 Å². The van der Waals surface area contributed by atoms with Gasteiger partial charge in [-0.2, -0.15) is 0 Å². The Morgan fingerprint density at radius 3 is 2.50 bits per heavy atom. The monoisotopic (exact) mass is 329 g/mol. The zero-order valence-corrected chi connectivity index (χ0v) is 14.1. The van der Waals surface area contributed by atoms with Gasteiger partial charge in [0.2, 0.25) is 0 Å². The van der Waals surface area contributed by atoms with Gasteiger partial charge in [-0.3, -0.25) is 4.99 Å². The molecule has 24 heavy (non-hydrogen) atoms. The van der Waals surface area contributed by atoms with Gasteiger partial charge in [-0.15, -0.1) is 0 Å². The number of aliphatic imine (C=N–C) groups is 1. The van der Waals surface area contributed by atoms with Crippen LogP contribution in [0, 0.1) is 5.82 Å². The summed E-state index contributed by atoms with van der Waals surface area (Å²) in [5.74, 6) is 1.34. The van der Waals surface area contributed by atoms with E-state index in [9.17, 15) is 4.39 Å². The minimum atomic E-state index is -0.174. The largest absolute Gasteiger partial charge is 0.489 e. The van der Waals surface area contributed by atoms with Crippen LogP contribution in [0.1, 0.15) is 12.5 Å². The first-order valence-corrected chi connectivity index (χ1v) is 8.08. The van der Waals surface area contributed by atoms with E-state index in [1.54, 1.807) is 19.2 Å². The Balaban J connectivity index is 1.71. The normalized spacial score (nSPS) is 12.5. The van der Waals surface area contributed by atoms with E-state index in [1.165, 1.54) is 6.07 Å². The number of hydrogen-bond acceptors (Lipinski definition) is 2. The lowest BCUT2D eigenvalue weighted by Crippen LogP contribution is -2.42. The van der Waals surface area contributed by atoms with Gasteiger partial charge in [0.1, 0.15) is 17.7 Å². The number of para-hydroxylation sites is 1. The zero-order chi connectivity index (χ0) is 17.2. The van der Waals surface area contributed by atoms with Crippen molar-refractivity contribution in [3.8, 4) is 5.75 Å². The number of guanidine groups is 1. The third kappa shape index (κ3) is 5.91. The van der Waals surface area contributed by atoms with Crippen LogP contribution in [-0.4, -0.2) is 32.2 Å². The Morgan fingerprint density at radius 1 is 1.08 bits per heavy atom. The van der Waals surface area contributed by atoms with Crippen molar-refractivity contribution in [2.24, 2.45) is 4.99 Å². The van der Waals surface area contributed by atoms with E-state index in [2.05, 4.69) is 15.6 Å². The van der Waals surface area contributed by atoms with E-state index in [0.29, 0.717) is 31.0 Å². The van der Waals surface area contributed by atoms with Gasteiger partial charge in [0.15, 0.2) is 5.96 Å². The molecule has 0 amide bonds. The molecule has 0 heterocycles. The molecule has 0 radical (unpaired) electrons. The molecule has 2 N–H and O–H groups in total. The van der Waals surface area contributed by atoms with Crippen LogP contribution < -0.4 is 15.4 Å². The molecule has 2 aromatic carbocycles. The highest BCUT2D eigenvalue weighted by atomic mass is 19.1. The topological polar surface area (TPSA) is 45.7 Å². The molecule has 1 atom stereocenters. The fourth-order valence-electron chi connectivity index (χ4n) is 2.25. The van der Waals surface area contributed by atoms with Crippen LogP contribution in [0.2, 0.25) is 0 Å². The summed E-state index contributed by atoms with van der Waals surface area (Å²) < 4.78 is 19.4. The average Bonchev–Trinajstić information content (AvgIpc) is 2.60. The predicted octanol–water partition coefficient (Wildman–Crippen LogP) is 3.00. The fraction of sp³-hybridized carbons (Fsp3) is 0.316. The second kappa shape index (κ2) is 9.55. The quantitative estimate of drug-likeness (QED) is 0.606.